The van der Waals surface area contributed by atoms with E-state index in [2.05, 4.69) is 0 Å². The minimum absolute atomic E-state index is 0.0230. The first kappa shape index (κ1) is 17.3. The number of amides is 1. The van der Waals surface area contributed by atoms with Gasteiger partial charge in [0.25, 0.3) is 0 Å². The van der Waals surface area contributed by atoms with Gasteiger partial charge in [-0.05, 0) is 37.3 Å². The zero-order valence-corrected chi connectivity index (χ0v) is 13.6. The van der Waals surface area contributed by atoms with Crippen LogP contribution in [0.25, 0.3) is 0 Å². The molecule has 3 rings (SSSR count). The maximum absolute atomic E-state index is 13.7. The van der Waals surface area contributed by atoms with Gasteiger partial charge in [-0.25, -0.2) is 8.78 Å². The van der Waals surface area contributed by atoms with E-state index in [0.29, 0.717) is 26.2 Å². The van der Waals surface area contributed by atoms with Gasteiger partial charge in [0, 0.05) is 31.5 Å². The molecule has 0 saturated carbocycles. The Morgan fingerprint density at radius 1 is 1.33 bits per heavy atom. The number of halogens is 2. The van der Waals surface area contributed by atoms with E-state index in [-0.39, 0.29) is 36.3 Å². The first-order valence-electron chi connectivity index (χ1n) is 8.56. The Morgan fingerprint density at radius 3 is 2.96 bits per heavy atom. The van der Waals surface area contributed by atoms with Crippen LogP contribution in [0, 0.1) is 17.6 Å². The Bertz CT molecular complexity index is 596. The molecule has 0 unspecified atom stereocenters. The van der Waals surface area contributed by atoms with Crippen LogP contribution in [0.2, 0.25) is 0 Å². The minimum atomic E-state index is -0.888. The lowest BCUT2D eigenvalue weighted by Crippen LogP contribution is -2.48. The molecule has 6 heteroatoms. The van der Waals surface area contributed by atoms with Crippen LogP contribution in [-0.4, -0.2) is 47.8 Å². The maximum Gasteiger partial charge on any atom is 0.223 e. The van der Waals surface area contributed by atoms with Gasteiger partial charge in [0.15, 0.2) is 11.6 Å². The molecule has 0 radical (unpaired) electrons. The number of ether oxygens (including phenoxy) is 1. The van der Waals surface area contributed by atoms with Gasteiger partial charge < -0.3 is 14.7 Å². The third-order valence-electron chi connectivity index (χ3n) is 5.12. The topological polar surface area (TPSA) is 49.8 Å². The zero-order valence-electron chi connectivity index (χ0n) is 13.6. The standard InChI is InChI=1S/C18H23F2NO3/c19-14-4-1-3-12(18(14)20)6-7-17(23)21-9-2-5-15(21)13-11-24-10-8-16(13)22/h1,3-4,13,15-16,22H,2,5-11H2/t13-,15+,16+/m0/s1. The molecule has 1 N–H and O–H groups in total. The number of benzene rings is 1. The zero-order chi connectivity index (χ0) is 17.1. The molecular weight excluding hydrogens is 316 g/mol. The first-order chi connectivity index (χ1) is 11.6. The molecule has 1 amide bonds. The van der Waals surface area contributed by atoms with Gasteiger partial charge in [0.05, 0.1) is 12.7 Å². The number of hydrogen-bond acceptors (Lipinski definition) is 3. The summed E-state index contributed by atoms with van der Waals surface area (Å²) in [6.45, 7) is 1.67. The fraction of sp³-hybridized carbons (Fsp3) is 0.611. The highest BCUT2D eigenvalue weighted by atomic mass is 19.2. The van der Waals surface area contributed by atoms with Gasteiger partial charge in [-0.3, -0.25) is 4.79 Å². The third kappa shape index (κ3) is 3.59. The number of hydrogen-bond donors (Lipinski definition) is 1. The van der Waals surface area contributed by atoms with E-state index < -0.39 is 17.7 Å². The molecule has 0 bridgehead atoms. The van der Waals surface area contributed by atoms with E-state index in [1.807, 2.05) is 0 Å². The second-order valence-electron chi connectivity index (χ2n) is 6.60. The molecule has 2 aliphatic heterocycles. The Balaban J connectivity index is 1.62. The van der Waals surface area contributed by atoms with Crippen LogP contribution in [0.4, 0.5) is 8.78 Å². The van der Waals surface area contributed by atoms with Crippen molar-refractivity contribution in [3.63, 3.8) is 0 Å². The fourth-order valence-electron chi connectivity index (χ4n) is 3.79. The van der Waals surface area contributed by atoms with E-state index in [0.717, 1.165) is 18.9 Å². The quantitative estimate of drug-likeness (QED) is 0.916. The molecule has 0 spiro atoms. The molecule has 2 aliphatic rings. The van der Waals surface area contributed by atoms with Gasteiger partial charge >= 0.3 is 0 Å². The Kier molecular flexibility index (Phi) is 5.46. The van der Waals surface area contributed by atoms with Crippen molar-refractivity contribution in [1.82, 2.24) is 4.90 Å². The fourth-order valence-corrected chi connectivity index (χ4v) is 3.79. The maximum atomic E-state index is 13.7. The van der Waals surface area contributed by atoms with Crippen molar-refractivity contribution < 1.29 is 23.4 Å². The summed E-state index contributed by atoms with van der Waals surface area (Å²) in [5, 5.41) is 10.2. The second kappa shape index (κ2) is 7.57. The monoisotopic (exact) mass is 339 g/mol. The van der Waals surface area contributed by atoms with E-state index in [1.54, 1.807) is 4.90 Å². The van der Waals surface area contributed by atoms with Gasteiger partial charge in [0.2, 0.25) is 5.91 Å². The molecule has 1 aromatic carbocycles. The summed E-state index contributed by atoms with van der Waals surface area (Å²) in [4.78, 5) is 14.4. The Labute approximate surface area is 140 Å². The van der Waals surface area contributed by atoms with Crippen molar-refractivity contribution >= 4 is 5.91 Å². The van der Waals surface area contributed by atoms with Crippen molar-refractivity contribution in [2.75, 3.05) is 19.8 Å². The number of rotatable bonds is 4. The van der Waals surface area contributed by atoms with E-state index in [9.17, 15) is 18.7 Å². The van der Waals surface area contributed by atoms with Crippen molar-refractivity contribution in [3.05, 3.63) is 35.4 Å². The van der Waals surface area contributed by atoms with Gasteiger partial charge in [-0.15, -0.1) is 0 Å². The molecule has 3 atom stereocenters. The number of nitrogens with zero attached hydrogens (tertiary/aromatic N) is 1. The Morgan fingerprint density at radius 2 is 2.17 bits per heavy atom. The summed E-state index contributed by atoms with van der Waals surface area (Å²) < 4.78 is 32.4. The van der Waals surface area contributed by atoms with Crippen molar-refractivity contribution in [3.8, 4) is 0 Å². The lowest BCUT2D eigenvalue weighted by molar-refractivity contribution is -0.136. The molecule has 0 aromatic heterocycles. The average Bonchev–Trinajstić information content (AvgIpc) is 3.06. The normalized spacial score (nSPS) is 27.5. The number of carbonyl (C=O) groups excluding carboxylic acids is 1. The molecule has 1 aromatic rings. The molecule has 132 valence electrons. The van der Waals surface area contributed by atoms with E-state index in [4.69, 9.17) is 4.74 Å². The van der Waals surface area contributed by atoms with Crippen LogP contribution in [0.3, 0.4) is 0 Å². The van der Waals surface area contributed by atoms with Crippen LogP contribution in [0.15, 0.2) is 18.2 Å². The van der Waals surface area contributed by atoms with Gasteiger partial charge in [0.1, 0.15) is 0 Å². The number of carbonyl (C=O) groups is 1. The molecule has 0 aliphatic carbocycles. The molecule has 2 saturated heterocycles. The SMILES string of the molecule is O=C(CCc1cccc(F)c1F)N1CCC[C@@H]1[C@@H]1COCC[C@H]1O. The van der Waals surface area contributed by atoms with E-state index in [1.165, 1.54) is 12.1 Å². The number of aryl methyl sites for hydroxylation is 1. The second-order valence-corrected chi connectivity index (χ2v) is 6.60. The summed E-state index contributed by atoms with van der Waals surface area (Å²) in [6, 6.07) is 4.00. The summed E-state index contributed by atoms with van der Waals surface area (Å²) in [6.07, 6.45) is 2.21. The van der Waals surface area contributed by atoms with Crippen molar-refractivity contribution in [2.24, 2.45) is 5.92 Å². The van der Waals surface area contributed by atoms with Crippen molar-refractivity contribution in [2.45, 2.75) is 44.2 Å². The molecule has 24 heavy (non-hydrogen) atoms. The predicted molar refractivity (Wildman–Crippen MR) is 84.3 cm³/mol. The van der Waals surface area contributed by atoms with Crippen LogP contribution >= 0.6 is 0 Å². The smallest absolute Gasteiger partial charge is 0.223 e. The Hall–Kier alpha value is -1.53. The number of aliphatic hydroxyl groups excluding tert-OH is 1. The van der Waals surface area contributed by atoms with Crippen LogP contribution < -0.4 is 0 Å². The van der Waals surface area contributed by atoms with Crippen molar-refractivity contribution in [1.29, 1.82) is 0 Å². The van der Waals surface area contributed by atoms with Crippen LogP contribution in [0.5, 0.6) is 0 Å². The number of likely N-dealkylation sites (tertiary alicyclic amines) is 1. The molecule has 2 heterocycles. The minimum Gasteiger partial charge on any atom is -0.393 e. The van der Waals surface area contributed by atoms with Gasteiger partial charge in [-0.2, -0.15) is 0 Å². The highest BCUT2D eigenvalue weighted by molar-refractivity contribution is 5.77. The third-order valence-corrected chi connectivity index (χ3v) is 5.12. The summed E-state index contributed by atoms with van der Waals surface area (Å²) in [7, 11) is 0. The lowest BCUT2D eigenvalue weighted by atomic mass is 9.89. The van der Waals surface area contributed by atoms with E-state index >= 15 is 0 Å². The summed E-state index contributed by atoms with van der Waals surface area (Å²) >= 11 is 0. The lowest BCUT2D eigenvalue weighted by Gasteiger charge is -2.37. The highest BCUT2D eigenvalue weighted by Gasteiger charge is 2.39. The highest BCUT2D eigenvalue weighted by Crippen LogP contribution is 2.30. The average molecular weight is 339 g/mol. The van der Waals surface area contributed by atoms with Gasteiger partial charge in [-0.1, -0.05) is 12.1 Å². The predicted octanol–water partition coefficient (Wildman–Crippen LogP) is 2.29. The van der Waals surface area contributed by atoms with Crippen LogP contribution in [-0.2, 0) is 16.0 Å². The molecule has 4 nitrogen and oxygen atoms in total. The summed E-state index contributed by atoms with van der Waals surface area (Å²) in [5.74, 6) is -1.89. The first-order valence-corrected chi connectivity index (χ1v) is 8.56. The number of aliphatic hydroxyl groups is 1. The largest absolute Gasteiger partial charge is 0.393 e. The molecular formula is C18H23F2NO3. The summed E-state index contributed by atoms with van der Waals surface area (Å²) in [5.41, 5.74) is 0.222. The van der Waals surface area contributed by atoms with Crippen LogP contribution in [0.1, 0.15) is 31.2 Å². The molecule has 2 fully saturated rings.